The molecule has 0 aromatic carbocycles. The van der Waals surface area contributed by atoms with Crippen LogP contribution in [0.1, 0.15) is 97.8 Å². The Morgan fingerprint density at radius 1 is 0.885 bits per heavy atom. The predicted octanol–water partition coefficient (Wildman–Crippen LogP) is 5.49. The van der Waals surface area contributed by atoms with E-state index in [0.717, 1.165) is 18.4 Å². The molecule has 0 radical (unpaired) electrons. The molecule has 0 bridgehead atoms. The summed E-state index contributed by atoms with van der Waals surface area (Å²) in [5.74, 6) is 2.35. The van der Waals surface area contributed by atoms with Crippen LogP contribution in [0.15, 0.2) is 0 Å². The molecule has 3 nitrogen and oxygen atoms in total. The second-order valence-electron chi connectivity index (χ2n) is 9.10. The van der Waals surface area contributed by atoms with Crippen molar-refractivity contribution in [3.05, 3.63) is 0 Å². The van der Waals surface area contributed by atoms with Gasteiger partial charge in [-0.1, -0.05) is 65.7 Å². The number of nitrogens with one attached hydrogen (secondary N) is 2. The van der Waals surface area contributed by atoms with Crippen molar-refractivity contribution < 1.29 is 4.74 Å². The molecule has 1 saturated carbocycles. The van der Waals surface area contributed by atoms with E-state index in [0.29, 0.717) is 18.2 Å². The Balaban J connectivity index is 1.52. The third kappa shape index (κ3) is 8.27. The van der Waals surface area contributed by atoms with Gasteiger partial charge in [-0.05, 0) is 49.9 Å². The average Bonchev–Trinajstić information content (AvgIpc) is 2.69. The molecule has 2 fully saturated rings. The van der Waals surface area contributed by atoms with E-state index in [1.807, 2.05) is 0 Å². The molecule has 0 aromatic rings. The standard InChI is InChI=1S/C23H46N2O/c1-4-6-7-8-9-10-11-20-16-24-23(25-17-20)21-12-14-22(15-13-21)26-18-19(3)5-2/h19-25H,4-18H2,1-3H3. The van der Waals surface area contributed by atoms with Crippen LogP contribution in [0, 0.1) is 17.8 Å². The van der Waals surface area contributed by atoms with Gasteiger partial charge in [0.15, 0.2) is 0 Å². The van der Waals surface area contributed by atoms with E-state index >= 15 is 0 Å². The van der Waals surface area contributed by atoms with Crippen molar-refractivity contribution in [2.75, 3.05) is 19.7 Å². The van der Waals surface area contributed by atoms with Crippen LogP contribution >= 0.6 is 0 Å². The third-order valence-corrected chi connectivity index (χ3v) is 6.72. The second-order valence-corrected chi connectivity index (χ2v) is 9.10. The first-order chi connectivity index (χ1) is 12.7. The number of hydrogen-bond acceptors (Lipinski definition) is 3. The van der Waals surface area contributed by atoms with Gasteiger partial charge in [0, 0.05) is 19.7 Å². The van der Waals surface area contributed by atoms with Crippen molar-refractivity contribution in [1.82, 2.24) is 10.6 Å². The van der Waals surface area contributed by atoms with Crippen LogP contribution in [-0.2, 0) is 4.74 Å². The number of ether oxygens (including phenoxy) is 1. The molecule has 0 amide bonds. The Bertz CT molecular complexity index is 333. The van der Waals surface area contributed by atoms with Gasteiger partial charge >= 0.3 is 0 Å². The summed E-state index contributed by atoms with van der Waals surface area (Å²) in [7, 11) is 0. The summed E-state index contributed by atoms with van der Waals surface area (Å²) < 4.78 is 6.13. The van der Waals surface area contributed by atoms with E-state index in [1.165, 1.54) is 90.1 Å². The highest BCUT2D eigenvalue weighted by Gasteiger charge is 2.30. The normalized spacial score (nSPS) is 31.0. The zero-order valence-corrected chi connectivity index (χ0v) is 17.9. The monoisotopic (exact) mass is 366 g/mol. The molecule has 1 heterocycles. The third-order valence-electron chi connectivity index (χ3n) is 6.72. The highest BCUT2D eigenvalue weighted by Crippen LogP contribution is 2.29. The SMILES string of the molecule is CCCCCCCCC1CNC(C2CCC(OCC(C)CC)CC2)NC1. The zero-order valence-electron chi connectivity index (χ0n) is 17.9. The summed E-state index contributed by atoms with van der Waals surface area (Å²) in [6, 6.07) is 0. The van der Waals surface area contributed by atoms with Gasteiger partial charge in [0.1, 0.15) is 0 Å². The smallest absolute Gasteiger partial charge is 0.0600 e. The van der Waals surface area contributed by atoms with E-state index < -0.39 is 0 Å². The minimum absolute atomic E-state index is 0.518. The van der Waals surface area contributed by atoms with Crippen LogP contribution < -0.4 is 10.6 Å². The lowest BCUT2D eigenvalue weighted by atomic mass is 9.84. The molecule has 1 unspecified atom stereocenters. The van der Waals surface area contributed by atoms with Gasteiger partial charge in [0.05, 0.1) is 12.3 Å². The molecule has 2 N–H and O–H groups in total. The van der Waals surface area contributed by atoms with Crippen molar-refractivity contribution in [3.8, 4) is 0 Å². The molecule has 2 aliphatic rings. The minimum atomic E-state index is 0.518. The van der Waals surface area contributed by atoms with Crippen LogP contribution in [0.5, 0.6) is 0 Å². The van der Waals surface area contributed by atoms with Crippen molar-refractivity contribution in [3.63, 3.8) is 0 Å². The fraction of sp³-hybridized carbons (Fsp3) is 1.00. The molecule has 154 valence electrons. The molecule has 0 spiro atoms. The zero-order chi connectivity index (χ0) is 18.6. The van der Waals surface area contributed by atoms with Crippen molar-refractivity contribution >= 4 is 0 Å². The Morgan fingerprint density at radius 3 is 2.19 bits per heavy atom. The quantitative estimate of drug-likeness (QED) is 0.448. The summed E-state index contributed by atoms with van der Waals surface area (Å²) >= 11 is 0. The lowest BCUT2D eigenvalue weighted by molar-refractivity contribution is -0.00484. The molecular weight excluding hydrogens is 320 g/mol. The van der Waals surface area contributed by atoms with Crippen molar-refractivity contribution in [2.45, 2.75) is 110 Å². The molecule has 2 rings (SSSR count). The lowest BCUT2D eigenvalue weighted by Gasteiger charge is -2.39. The molecule has 1 aliphatic carbocycles. The first-order valence-corrected chi connectivity index (χ1v) is 11.8. The predicted molar refractivity (Wildman–Crippen MR) is 112 cm³/mol. The maximum atomic E-state index is 6.13. The average molecular weight is 367 g/mol. The van der Waals surface area contributed by atoms with Gasteiger partial charge in [-0.15, -0.1) is 0 Å². The number of unbranched alkanes of at least 4 members (excludes halogenated alkanes) is 5. The van der Waals surface area contributed by atoms with E-state index in [-0.39, 0.29) is 0 Å². The maximum absolute atomic E-state index is 6.13. The number of rotatable bonds is 12. The van der Waals surface area contributed by atoms with Gasteiger partial charge in [0.2, 0.25) is 0 Å². The molecule has 0 aromatic heterocycles. The van der Waals surface area contributed by atoms with Crippen LogP contribution in [0.2, 0.25) is 0 Å². The van der Waals surface area contributed by atoms with Crippen LogP contribution in [0.4, 0.5) is 0 Å². The largest absolute Gasteiger partial charge is 0.378 e. The van der Waals surface area contributed by atoms with Gasteiger partial charge in [-0.25, -0.2) is 0 Å². The second kappa shape index (κ2) is 13.1. The Kier molecular flexibility index (Phi) is 11.2. The molecule has 1 saturated heterocycles. The first-order valence-electron chi connectivity index (χ1n) is 11.8. The van der Waals surface area contributed by atoms with Gasteiger partial charge in [0.25, 0.3) is 0 Å². The van der Waals surface area contributed by atoms with Crippen LogP contribution in [0.3, 0.4) is 0 Å². The Hall–Kier alpha value is -0.120. The van der Waals surface area contributed by atoms with E-state index in [9.17, 15) is 0 Å². The highest BCUT2D eigenvalue weighted by atomic mass is 16.5. The minimum Gasteiger partial charge on any atom is -0.378 e. The fourth-order valence-electron chi connectivity index (χ4n) is 4.49. The Labute approximate surface area is 163 Å². The van der Waals surface area contributed by atoms with Crippen molar-refractivity contribution in [1.29, 1.82) is 0 Å². The topological polar surface area (TPSA) is 33.3 Å². The lowest BCUT2D eigenvalue weighted by Crippen LogP contribution is -2.56. The van der Waals surface area contributed by atoms with Crippen LogP contribution in [-0.4, -0.2) is 32.0 Å². The Morgan fingerprint density at radius 2 is 1.54 bits per heavy atom. The summed E-state index contributed by atoms with van der Waals surface area (Å²) in [6.45, 7) is 10.2. The van der Waals surface area contributed by atoms with Crippen molar-refractivity contribution in [2.24, 2.45) is 17.8 Å². The molecule has 26 heavy (non-hydrogen) atoms. The van der Waals surface area contributed by atoms with E-state index in [4.69, 9.17) is 4.74 Å². The summed E-state index contributed by atoms with van der Waals surface area (Å²) in [4.78, 5) is 0. The summed E-state index contributed by atoms with van der Waals surface area (Å²) in [6.07, 6.45) is 17.3. The van der Waals surface area contributed by atoms with E-state index in [2.05, 4.69) is 31.4 Å². The van der Waals surface area contributed by atoms with Gasteiger partial charge in [-0.2, -0.15) is 0 Å². The van der Waals surface area contributed by atoms with E-state index in [1.54, 1.807) is 0 Å². The molecule has 1 aliphatic heterocycles. The maximum Gasteiger partial charge on any atom is 0.0600 e. The fourth-order valence-corrected chi connectivity index (χ4v) is 4.49. The van der Waals surface area contributed by atoms with Gasteiger partial charge in [-0.3, -0.25) is 0 Å². The highest BCUT2D eigenvalue weighted by molar-refractivity contribution is 4.85. The summed E-state index contributed by atoms with van der Waals surface area (Å²) in [5.41, 5.74) is 0. The first kappa shape index (κ1) is 22.2. The summed E-state index contributed by atoms with van der Waals surface area (Å²) in [5, 5.41) is 7.64. The molecule has 3 heteroatoms. The van der Waals surface area contributed by atoms with Crippen LogP contribution in [0.25, 0.3) is 0 Å². The van der Waals surface area contributed by atoms with Gasteiger partial charge < -0.3 is 15.4 Å². The molecular formula is C23H46N2O. The molecule has 1 atom stereocenters. The number of hydrogen-bond donors (Lipinski definition) is 2.